The van der Waals surface area contributed by atoms with Gasteiger partial charge in [0.1, 0.15) is 0 Å². The van der Waals surface area contributed by atoms with Crippen molar-refractivity contribution in [3.8, 4) is 39.1 Å². The molecule has 0 aliphatic heterocycles. The number of hydrogen-bond acceptors (Lipinski definition) is 1. The van der Waals surface area contributed by atoms with Crippen LogP contribution in [0.25, 0.3) is 93.2 Å². The summed E-state index contributed by atoms with van der Waals surface area (Å²) in [6.45, 7) is 0. The number of rotatable bonds is 7. The smallest absolute Gasteiger partial charge is 0.0619 e. The van der Waals surface area contributed by atoms with Gasteiger partial charge in [0.25, 0.3) is 0 Å². The zero-order chi connectivity index (χ0) is 41.0. The zero-order valence-electron chi connectivity index (χ0n) is 34.0. The van der Waals surface area contributed by atoms with Crippen molar-refractivity contribution in [3.05, 3.63) is 243 Å². The SMILES string of the molecule is c1ccc(-c2cccc3cccc(-c4ccc(N(c5ccc(-c6ccc7c8ccc9ccccc9c8n(-c8ccccc8)c7c6)cc5)c5ccc6ccccc6c5)cc4)c23)cc1. The van der Waals surface area contributed by atoms with E-state index in [2.05, 4.69) is 252 Å². The minimum absolute atomic E-state index is 1.10. The van der Waals surface area contributed by atoms with Crippen LogP contribution in [0.5, 0.6) is 0 Å². The highest BCUT2D eigenvalue weighted by molar-refractivity contribution is 6.19. The molecule has 0 atom stereocenters. The molecule has 11 aromatic carbocycles. The molecule has 1 heterocycles. The van der Waals surface area contributed by atoms with E-state index in [9.17, 15) is 0 Å². The summed E-state index contributed by atoms with van der Waals surface area (Å²) in [7, 11) is 0. The third kappa shape index (κ3) is 6.04. The van der Waals surface area contributed by atoms with E-state index < -0.39 is 0 Å². The van der Waals surface area contributed by atoms with Crippen LogP contribution in [-0.4, -0.2) is 4.57 Å². The Morgan fingerprint density at radius 1 is 0.290 bits per heavy atom. The number of aromatic nitrogens is 1. The Hall–Kier alpha value is -8.20. The summed E-state index contributed by atoms with van der Waals surface area (Å²) >= 11 is 0. The Morgan fingerprint density at radius 3 is 1.55 bits per heavy atom. The van der Waals surface area contributed by atoms with Gasteiger partial charge in [-0.05, 0) is 115 Å². The topological polar surface area (TPSA) is 8.17 Å². The van der Waals surface area contributed by atoms with Gasteiger partial charge in [-0.2, -0.15) is 0 Å². The van der Waals surface area contributed by atoms with Gasteiger partial charge in [0, 0.05) is 38.9 Å². The molecule has 12 aromatic rings. The molecule has 2 nitrogen and oxygen atoms in total. The lowest BCUT2D eigenvalue weighted by molar-refractivity contribution is 1.19. The Labute approximate surface area is 360 Å². The van der Waals surface area contributed by atoms with Gasteiger partial charge < -0.3 is 9.47 Å². The largest absolute Gasteiger partial charge is 0.310 e. The Bertz CT molecular complexity index is 3600. The Balaban J connectivity index is 0.965. The van der Waals surface area contributed by atoms with Crippen LogP contribution in [-0.2, 0) is 0 Å². The second-order valence-electron chi connectivity index (χ2n) is 16.1. The van der Waals surface area contributed by atoms with Crippen LogP contribution < -0.4 is 4.90 Å². The predicted octanol–water partition coefficient (Wildman–Crippen LogP) is 16.7. The highest BCUT2D eigenvalue weighted by Crippen LogP contribution is 2.42. The maximum atomic E-state index is 2.44. The molecular weight excluding hydrogens is 749 g/mol. The van der Waals surface area contributed by atoms with E-state index in [0.717, 1.165) is 22.7 Å². The average Bonchev–Trinajstić information content (AvgIpc) is 3.69. The molecule has 0 aliphatic rings. The molecule has 62 heavy (non-hydrogen) atoms. The van der Waals surface area contributed by atoms with Gasteiger partial charge in [0.2, 0.25) is 0 Å². The van der Waals surface area contributed by atoms with Crippen molar-refractivity contribution in [1.29, 1.82) is 0 Å². The maximum absolute atomic E-state index is 2.44. The molecular formula is C60H40N2. The van der Waals surface area contributed by atoms with Crippen molar-refractivity contribution in [1.82, 2.24) is 4.57 Å². The van der Waals surface area contributed by atoms with E-state index in [1.54, 1.807) is 0 Å². The summed E-state index contributed by atoms with van der Waals surface area (Å²) in [5.74, 6) is 0. The number of para-hydroxylation sites is 1. The summed E-state index contributed by atoms with van der Waals surface area (Å²) in [6.07, 6.45) is 0. The van der Waals surface area contributed by atoms with E-state index in [1.807, 2.05) is 0 Å². The molecule has 1 aromatic heterocycles. The first-order valence-corrected chi connectivity index (χ1v) is 21.3. The lowest BCUT2D eigenvalue weighted by Gasteiger charge is -2.26. The van der Waals surface area contributed by atoms with Gasteiger partial charge in [0.05, 0.1) is 11.0 Å². The van der Waals surface area contributed by atoms with Crippen molar-refractivity contribution >= 4 is 71.2 Å². The first-order chi connectivity index (χ1) is 30.7. The van der Waals surface area contributed by atoms with Crippen LogP contribution in [0, 0.1) is 0 Å². The van der Waals surface area contributed by atoms with Gasteiger partial charge >= 0.3 is 0 Å². The fraction of sp³-hybridized carbons (Fsp3) is 0. The standard InChI is InChI=1S/C60H40N2/c1-3-14-43(15-4-1)53-23-11-18-46-19-12-24-54(59(46)53)45-28-34-51(35-29-45)61(52-36-27-41-13-7-8-17-47(41)39-52)50-32-25-42(26-33-50)48-31-37-56-57-38-30-44-16-9-10-22-55(44)60(57)62(58(56)40-48)49-20-5-2-6-21-49/h1-40H. The minimum Gasteiger partial charge on any atom is -0.310 e. The highest BCUT2D eigenvalue weighted by atomic mass is 15.1. The quantitative estimate of drug-likeness (QED) is 0.156. The number of fused-ring (bicyclic) bond motifs is 7. The van der Waals surface area contributed by atoms with Crippen LogP contribution in [0.1, 0.15) is 0 Å². The molecule has 0 aliphatic carbocycles. The summed E-state index contributed by atoms with van der Waals surface area (Å²) in [6, 6.07) is 88.4. The van der Waals surface area contributed by atoms with Gasteiger partial charge in [-0.25, -0.2) is 0 Å². The first-order valence-electron chi connectivity index (χ1n) is 21.3. The molecule has 12 rings (SSSR count). The minimum atomic E-state index is 1.10. The molecule has 0 spiro atoms. The Kier molecular flexibility index (Phi) is 8.53. The van der Waals surface area contributed by atoms with Crippen molar-refractivity contribution in [2.45, 2.75) is 0 Å². The fourth-order valence-electron chi connectivity index (χ4n) is 9.60. The van der Waals surface area contributed by atoms with Gasteiger partial charge in [-0.3, -0.25) is 0 Å². The number of nitrogens with zero attached hydrogens (tertiary/aromatic N) is 2. The summed E-state index contributed by atoms with van der Waals surface area (Å²) in [5, 5.41) is 9.95. The average molecular weight is 789 g/mol. The number of hydrogen-bond donors (Lipinski definition) is 0. The van der Waals surface area contributed by atoms with Gasteiger partial charge in [-0.1, -0.05) is 188 Å². The molecule has 0 N–H and O–H groups in total. The molecule has 2 heteroatoms. The second kappa shape index (κ2) is 14.8. The van der Waals surface area contributed by atoms with Crippen molar-refractivity contribution in [3.63, 3.8) is 0 Å². The lowest BCUT2D eigenvalue weighted by atomic mass is 9.91. The van der Waals surface area contributed by atoms with E-state index in [0.29, 0.717) is 0 Å². The summed E-state index contributed by atoms with van der Waals surface area (Å²) in [4.78, 5) is 2.38. The molecule has 0 saturated heterocycles. The zero-order valence-corrected chi connectivity index (χ0v) is 34.0. The maximum Gasteiger partial charge on any atom is 0.0619 e. The van der Waals surface area contributed by atoms with Crippen molar-refractivity contribution in [2.24, 2.45) is 0 Å². The second-order valence-corrected chi connectivity index (χ2v) is 16.1. The monoisotopic (exact) mass is 788 g/mol. The van der Waals surface area contributed by atoms with E-state index in [-0.39, 0.29) is 0 Å². The van der Waals surface area contributed by atoms with E-state index in [1.165, 1.54) is 87.5 Å². The van der Waals surface area contributed by atoms with Crippen molar-refractivity contribution in [2.75, 3.05) is 4.90 Å². The van der Waals surface area contributed by atoms with Crippen LogP contribution in [0.2, 0.25) is 0 Å². The third-order valence-corrected chi connectivity index (χ3v) is 12.5. The molecule has 0 radical (unpaired) electrons. The van der Waals surface area contributed by atoms with Crippen LogP contribution in [0.3, 0.4) is 0 Å². The van der Waals surface area contributed by atoms with E-state index >= 15 is 0 Å². The highest BCUT2D eigenvalue weighted by Gasteiger charge is 2.18. The van der Waals surface area contributed by atoms with E-state index in [4.69, 9.17) is 0 Å². The molecule has 0 unspecified atom stereocenters. The lowest BCUT2D eigenvalue weighted by Crippen LogP contribution is -2.09. The molecule has 0 amide bonds. The molecule has 0 saturated carbocycles. The van der Waals surface area contributed by atoms with Gasteiger partial charge in [-0.15, -0.1) is 0 Å². The predicted molar refractivity (Wildman–Crippen MR) is 264 cm³/mol. The van der Waals surface area contributed by atoms with Crippen LogP contribution in [0.4, 0.5) is 17.1 Å². The normalized spacial score (nSPS) is 11.5. The van der Waals surface area contributed by atoms with Crippen LogP contribution in [0.15, 0.2) is 243 Å². The van der Waals surface area contributed by atoms with Crippen LogP contribution >= 0.6 is 0 Å². The first kappa shape index (κ1) is 35.7. The fourth-order valence-corrected chi connectivity index (χ4v) is 9.60. The number of benzene rings is 11. The molecule has 0 fully saturated rings. The Morgan fingerprint density at radius 2 is 0.823 bits per heavy atom. The third-order valence-electron chi connectivity index (χ3n) is 12.5. The van der Waals surface area contributed by atoms with Crippen molar-refractivity contribution < 1.29 is 0 Å². The molecule has 0 bridgehead atoms. The number of anilines is 3. The summed E-state index contributed by atoms with van der Waals surface area (Å²) < 4.78 is 2.44. The molecule has 290 valence electrons. The van der Waals surface area contributed by atoms with Gasteiger partial charge in [0.15, 0.2) is 0 Å². The summed E-state index contributed by atoms with van der Waals surface area (Å²) in [5.41, 5.74) is 14.1.